The van der Waals surface area contributed by atoms with E-state index < -0.39 is 0 Å². The molecule has 0 atom stereocenters. The topological polar surface area (TPSA) is 62.3 Å². The van der Waals surface area contributed by atoms with Crippen molar-refractivity contribution in [3.05, 3.63) is 17.7 Å². The number of hydrazone groups is 1. The summed E-state index contributed by atoms with van der Waals surface area (Å²) in [6.07, 6.45) is 3.26. The van der Waals surface area contributed by atoms with Gasteiger partial charge in [-0.05, 0) is 0 Å². The lowest BCUT2D eigenvalue weighted by Crippen LogP contribution is -2.07. The molecule has 14 heavy (non-hydrogen) atoms. The average Bonchev–Trinajstić information content (AvgIpc) is 2.53. The van der Waals surface area contributed by atoms with Crippen LogP contribution in [0.5, 0.6) is 0 Å². The third kappa shape index (κ3) is 3.86. The zero-order valence-electron chi connectivity index (χ0n) is 7.52. The highest BCUT2D eigenvalue weighted by atomic mass is 32.1. The number of nitrogens with zero attached hydrogens (tertiary/aromatic N) is 2. The number of H-pyrrole nitrogens is 1. The average molecular weight is 230 g/mol. The van der Waals surface area contributed by atoms with E-state index in [9.17, 15) is 0 Å². The van der Waals surface area contributed by atoms with Gasteiger partial charge >= 0.3 is 0 Å². The van der Waals surface area contributed by atoms with Crippen molar-refractivity contribution in [3.8, 4) is 0 Å². The van der Waals surface area contributed by atoms with Crippen LogP contribution in [0.15, 0.2) is 11.3 Å². The molecule has 76 valence electrons. The molecule has 0 aromatic carbocycles. The van der Waals surface area contributed by atoms with E-state index in [1.165, 1.54) is 6.21 Å². The molecule has 5 nitrogen and oxygen atoms in total. The molecule has 0 radical (unpaired) electrons. The molecular weight excluding hydrogens is 220 g/mol. The number of rotatable bonds is 4. The molecule has 0 aliphatic heterocycles. The molecule has 0 fully saturated rings. The predicted octanol–water partition coefficient (Wildman–Crippen LogP) is 0.694. The Morgan fingerprint density at radius 3 is 3.36 bits per heavy atom. The molecule has 0 amide bonds. The number of thiol groups is 1. The summed E-state index contributed by atoms with van der Waals surface area (Å²) in [5, 5.41) is 3.80. The normalized spacial score (nSPS) is 10.7. The summed E-state index contributed by atoms with van der Waals surface area (Å²) in [5.74, 6) is 0.752. The SMILES string of the molecule is COCc1nc(/C=N\NC(=S)S)c[nH]1. The fourth-order valence-electron chi connectivity index (χ4n) is 0.808. The van der Waals surface area contributed by atoms with Gasteiger partial charge in [-0.3, -0.25) is 5.43 Å². The molecular formula is C7H10N4OS2. The van der Waals surface area contributed by atoms with Gasteiger partial charge < -0.3 is 9.72 Å². The van der Waals surface area contributed by atoms with Crippen LogP contribution in [0, 0.1) is 0 Å². The minimum Gasteiger partial charge on any atom is -0.377 e. The van der Waals surface area contributed by atoms with Crippen molar-refractivity contribution in [2.24, 2.45) is 5.10 Å². The monoisotopic (exact) mass is 230 g/mol. The highest BCUT2D eigenvalue weighted by Crippen LogP contribution is 1.95. The summed E-state index contributed by atoms with van der Waals surface area (Å²) in [6.45, 7) is 0.451. The third-order valence-corrected chi connectivity index (χ3v) is 1.48. The first kappa shape index (κ1) is 11.2. The molecule has 0 saturated heterocycles. The van der Waals surface area contributed by atoms with Crippen molar-refractivity contribution in [3.63, 3.8) is 0 Å². The van der Waals surface area contributed by atoms with E-state index in [4.69, 9.17) is 4.74 Å². The van der Waals surface area contributed by atoms with E-state index in [1.807, 2.05) is 0 Å². The quantitative estimate of drug-likeness (QED) is 0.308. The van der Waals surface area contributed by atoms with Gasteiger partial charge in [-0.25, -0.2) is 4.98 Å². The maximum Gasteiger partial charge on any atom is 0.150 e. The molecule has 1 heterocycles. The Kier molecular flexibility index (Phi) is 4.57. The first-order valence-corrected chi connectivity index (χ1v) is 4.63. The summed E-state index contributed by atoms with van der Waals surface area (Å²) in [6, 6.07) is 0. The lowest BCUT2D eigenvalue weighted by molar-refractivity contribution is 0.178. The van der Waals surface area contributed by atoms with Gasteiger partial charge in [0.2, 0.25) is 0 Å². The van der Waals surface area contributed by atoms with Crippen LogP contribution in [-0.4, -0.2) is 27.6 Å². The van der Waals surface area contributed by atoms with Crippen LogP contribution in [0.25, 0.3) is 0 Å². The van der Waals surface area contributed by atoms with Gasteiger partial charge in [0, 0.05) is 13.3 Å². The van der Waals surface area contributed by atoms with Crippen molar-refractivity contribution in [1.29, 1.82) is 0 Å². The van der Waals surface area contributed by atoms with E-state index in [0.29, 0.717) is 16.6 Å². The fourth-order valence-corrected chi connectivity index (χ4v) is 0.918. The van der Waals surface area contributed by atoms with Gasteiger partial charge in [-0.2, -0.15) is 5.10 Å². The Labute approximate surface area is 92.4 Å². The number of methoxy groups -OCH3 is 1. The van der Waals surface area contributed by atoms with E-state index in [2.05, 4.69) is 45.3 Å². The van der Waals surface area contributed by atoms with Gasteiger partial charge in [0.05, 0.1) is 6.21 Å². The lowest BCUT2D eigenvalue weighted by atomic mass is 10.5. The highest BCUT2D eigenvalue weighted by molar-refractivity contribution is 8.11. The molecule has 1 aromatic heterocycles. The zero-order valence-corrected chi connectivity index (χ0v) is 9.23. The maximum absolute atomic E-state index is 4.90. The molecule has 0 spiro atoms. The van der Waals surface area contributed by atoms with Crippen molar-refractivity contribution in [1.82, 2.24) is 15.4 Å². The number of imidazole rings is 1. The Bertz CT molecular complexity index is 336. The number of ether oxygens (including phenoxy) is 1. The van der Waals surface area contributed by atoms with Gasteiger partial charge in [0.15, 0.2) is 4.32 Å². The van der Waals surface area contributed by atoms with Crippen LogP contribution in [0.3, 0.4) is 0 Å². The van der Waals surface area contributed by atoms with Crippen LogP contribution in [-0.2, 0) is 11.3 Å². The number of aromatic amines is 1. The van der Waals surface area contributed by atoms with E-state index in [1.54, 1.807) is 13.3 Å². The Morgan fingerprint density at radius 2 is 2.71 bits per heavy atom. The number of aromatic nitrogens is 2. The largest absolute Gasteiger partial charge is 0.377 e. The number of hydrogen-bond donors (Lipinski definition) is 3. The molecule has 2 N–H and O–H groups in total. The van der Waals surface area contributed by atoms with E-state index in [0.717, 1.165) is 5.82 Å². The Hall–Kier alpha value is -0.920. The standard InChI is InChI=1S/C7H10N4OS2/c1-12-4-6-8-2-5(10-6)3-9-11-7(13)14/h2-3H,4H2,1H3,(H,8,10)(H2,11,13,14)/b9-3-. The molecule has 0 bridgehead atoms. The summed E-state index contributed by atoms with van der Waals surface area (Å²) in [4.78, 5) is 7.10. The zero-order chi connectivity index (χ0) is 10.4. The predicted molar refractivity (Wildman–Crippen MR) is 61.6 cm³/mol. The molecule has 1 aromatic rings. The molecule has 7 heteroatoms. The van der Waals surface area contributed by atoms with Crippen molar-refractivity contribution < 1.29 is 4.74 Å². The van der Waals surface area contributed by atoms with Crippen molar-refractivity contribution >= 4 is 35.4 Å². The number of nitrogens with one attached hydrogen (secondary N) is 2. The van der Waals surface area contributed by atoms with Crippen molar-refractivity contribution in [2.45, 2.75) is 6.61 Å². The van der Waals surface area contributed by atoms with Crippen LogP contribution >= 0.6 is 24.8 Å². The second-order valence-corrected chi connectivity index (χ2v) is 3.54. The summed E-state index contributed by atoms with van der Waals surface area (Å²) in [5.41, 5.74) is 3.22. The number of thiocarbonyl (C=S) groups is 1. The molecule has 0 unspecified atom stereocenters. The van der Waals surface area contributed by atoms with E-state index >= 15 is 0 Å². The Balaban J connectivity index is 2.50. The van der Waals surface area contributed by atoms with Crippen LogP contribution in [0.4, 0.5) is 0 Å². The molecule has 0 aliphatic rings. The second kappa shape index (κ2) is 5.74. The van der Waals surface area contributed by atoms with Gasteiger partial charge in [0.25, 0.3) is 0 Å². The smallest absolute Gasteiger partial charge is 0.150 e. The molecule has 0 aliphatic carbocycles. The minimum absolute atomic E-state index is 0.314. The second-order valence-electron chi connectivity index (χ2n) is 2.38. The van der Waals surface area contributed by atoms with Crippen molar-refractivity contribution in [2.75, 3.05) is 7.11 Å². The van der Waals surface area contributed by atoms with Crippen LogP contribution in [0.2, 0.25) is 0 Å². The first-order valence-electron chi connectivity index (χ1n) is 3.77. The lowest BCUT2D eigenvalue weighted by Gasteiger charge is -1.91. The minimum atomic E-state index is 0.314. The first-order chi connectivity index (χ1) is 6.72. The van der Waals surface area contributed by atoms with Gasteiger partial charge in [0.1, 0.15) is 18.1 Å². The molecule has 0 saturated carbocycles. The van der Waals surface area contributed by atoms with E-state index in [-0.39, 0.29) is 0 Å². The third-order valence-electron chi connectivity index (χ3n) is 1.29. The van der Waals surface area contributed by atoms with Gasteiger partial charge in [-0.15, -0.1) is 12.6 Å². The van der Waals surface area contributed by atoms with Crippen LogP contribution < -0.4 is 5.43 Å². The maximum atomic E-state index is 4.90. The van der Waals surface area contributed by atoms with Gasteiger partial charge in [-0.1, -0.05) is 12.2 Å². The fraction of sp³-hybridized carbons (Fsp3) is 0.286. The summed E-state index contributed by atoms with van der Waals surface area (Å²) >= 11 is 8.49. The Morgan fingerprint density at radius 1 is 1.93 bits per heavy atom. The number of hydrogen-bond acceptors (Lipinski definition) is 4. The molecule has 1 rings (SSSR count). The summed E-state index contributed by atoms with van der Waals surface area (Å²) < 4.78 is 5.21. The van der Waals surface area contributed by atoms with Crippen LogP contribution in [0.1, 0.15) is 11.5 Å². The summed E-state index contributed by atoms with van der Waals surface area (Å²) in [7, 11) is 1.61. The highest BCUT2D eigenvalue weighted by Gasteiger charge is 1.97.